The minimum atomic E-state index is -0.566. The Morgan fingerprint density at radius 2 is 1.67 bits per heavy atom. The van der Waals surface area contributed by atoms with E-state index in [1.165, 1.54) is 12.0 Å². The van der Waals surface area contributed by atoms with Gasteiger partial charge in [0, 0.05) is 25.0 Å². The molecule has 3 N–H and O–H groups in total. The maximum Gasteiger partial charge on any atom is 0.317 e. The van der Waals surface area contributed by atoms with Gasteiger partial charge in [0.15, 0.2) is 0 Å². The molecule has 0 bridgehead atoms. The molecule has 0 aromatic heterocycles. The fraction of sp³-hybridized carbons (Fsp3) is 0.619. The molecule has 3 aliphatic rings. The van der Waals surface area contributed by atoms with Crippen LogP contribution < -0.4 is 11.1 Å². The van der Waals surface area contributed by atoms with Gasteiger partial charge in [0.25, 0.3) is 0 Å². The third-order valence-corrected chi connectivity index (χ3v) is 6.62. The standard InChI is InChI=1S/C21H30N4O2/c22-19(26)21(25-11-5-2-6-12-25)9-13-24(14-10-21)20(27)23-18-15-17(18)16-7-3-1-4-8-16/h1,3-4,7-8,17-18H,2,5-6,9-15H2,(H2,22,26)(H,23,27)/t17-,18+/m0/s1. The van der Waals surface area contributed by atoms with E-state index in [2.05, 4.69) is 22.3 Å². The summed E-state index contributed by atoms with van der Waals surface area (Å²) in [6.45, 7) is 3.06. The van der Waals surface area contributed by atoms with Crippen molar-refractivity contribution in [1.82, 2.24) is 15.1 Å². The molecule has 6 nitrogen and oxygen atoms in total. The van der Waals surface area contributed by atoms with E-state index in [1.54, 1.807) is 0 Å². The van der Waals surface area contributed by atoms with E-state index in [9.17, 15) is 9.59 Å². The van der Waals surface area contributed by atoms with Crippen molar-refractivity contribution in [3.05, 3.63) is 35.9 Å². The Labute approximate surface area is 161 Å². The van der Waals surface area contributed by atoms with Gasteiger partial charge in [-0.25, -0.2) is 4.79 Å². The molecule has 3 fully saturated rings. The Kier molecular flexibility index (Phi) is 5.08. The van der Waals surface area contributed by atoms with Gasteiger partial charge in [0.05, 0.1) is 0 Å². The lowest BCUT2D eigenvalue weighted by Crippen LogP contribution is -2.64. The molecule has 6 heteroatoms. The van der Waals surface area contributed by atoms with Crippen molar-refractivity contribution in [3.63, 3.8) is 0 Å². The predicted molar refractivity (Wildman–Crippen MR) is 104 cm³/mol. The number of benzene rings is 1. The van der Waals surface area contributed by atoms with Gasteiger partial charge in [0.1, 0.15) is 5.54 Å². The number of piperidine rings is 2. The van der Waals surface area contributed by atoms with E-state index in [0.717, 1.165) is 32.4 Å². The Morgan fingerprint density at radius 1 is 1.00 bits per heavy atom. The molecule has 2 heterocycles. The van der Waals surface area contributed by atoms with Crippen molar-refractivity contribution >= 4 is 11.9 Å². The van der Waals surface area contributed by atoms with Gasteiger partial charge in [-0.1, -0.05) is 36.8 Å². The first-order chi connectivity index (χ1) is 13.1. The quantitative estimate of drug-likeness (QED) is 0.851. The largest absolute Gasteiger partial charge is 0.368 e. The SMILES string of the molecule is NC(=O)C1(N2CCCCC2)CCN(C(=O)N[C@@H]2C[C@H]2c2ccccc2)CC1. The van der Waals surface area contributed by atoms with Gasteiger partial charge >= 0.3 is 6.03 Å². The number of carbonyl (C=O) groups excluding carboxylic acids is 2. The number of hydrogen-bond acceptors (Lipinski definition) is 3. The van der Waals surface area contributed by atoms with E-state index in [1.807, 2.05) is 23.1 Å². The number of amides is 3. The topological polar surface area (TPSA) is 78.7 Å². The molecule has 2 atom stereocenters. The molecule has 27 heavy (non-hydrogen) atoms. The minimum Gasteiger partial charge on any atom is -0.368 e. The first-order valence-corrected chi connectivity index (χ1v) is 10.3. The number of nitrogens with zero attached hydrogens (tertiary/aromatic N) is 2. The van der Waals surface area contributed by atoms with Crippen molar-refractivity contribution in [2.24, 2.45) is 5.73 Å². The molecule has 1 aromatic carbocycles. The first-order valence-electron chi connectivity index (χ1n) is 10.3. The summed E-state index contributed by atoms with van der Waals surface area (Å²) in [7, 11) is 0. The summed E-state index contributed by atoms with van der Waals surface area (Å²) in [5, 5.41) is 3.17. The van der Waals surface area contributed by atoms with Gasteiger partial charge in [-0.15, -0.1) is 0 Å². The number of urea groups is 1. The number of hydrogen-bond donors (Lipinski definition) is 2. The zero-order chi connectivity index (χ0) is 18.9. The van der Waals surface area contributed by atoms with E-state index < -0.39 is 5.54 Å². The molecule has 2 aliphatic heterocycles. The van der Waals surface area contributed by atoms with Gasteiger partial charge in [-0.2, -0.15) is 0 Å². The summed E-state index contributed by atoms with van der Waals surface area (Å²) in [5.74, 6) is 0.203. The predicted octanol–water partition coefficient (Wildman–Crippen LogP) is 2.06. The Morgan fingerprint density at radius 3 is 2.30 bits per heavy atom. The number of rotatable bonds is 4. The van der Waals surface area contributed by atoms with Crippen molar-refractivity contribution in [2.45, 2.75) is 56.0 Å². The lowest BCUT2D eigenvalue weighted by Gasteiger charge is -2.48. The van der Waals surface area contributed by atoms with Crippen molar-refractivity contribution < 1.29 is 9.59 Å². The fourth-order valence-corrected chi connectivity index (χ4v) is 4.79. The van der Waals surface area contributed by atoms with Crippen LogP contribution in [0.25, 0.3) is 0 Å². The van der Waals surface area contributed by atoms with Gasteiger partial charge in [-0.3, -0.25) is 9.69 Å². The molecular weight excluding hydrogens is 340 g/mol. The number of nitrogens with one attached hydrogen (secondary N) is 1. The summed E-state index contributed by atoms with van der Waals surface area (Å²) in [4.78, 5) is 29.1. The van der Waals surface area contributed by atoms with Crippen LogP contribution in [0, 0.1) is 0 Å². The Bertz CT molecular complexity index is 679. The second-order valence-corrected chi connectivity index (χ2v) is 8.24. The number of likely N-dealkylation sites (tertiary alicyclic amines) is 2. The van der Waals surface area contributed by atoms with Crippen LogP contribution in [0.15, 0.2) is 30.3 Å². The van der Waals surface area contributed by atoms with Crippen LogP contribution >= 0.6 is 0 Å². The second kappa shape index (κ2) is 7.50. The maximum absolute atomic E-state index is 12.7. The van der Waals surface area contributed by atoms with E-state index in [0.29, 0.717) is 31.8 Å². The van der Waals surface area contributed by atoms with E-state index in [4.69, 9.17) is 5.73 Å². The molecule has 4 rings (SSSR count). The smallest absolute Gasteiger partial charge is 0.317 e. The third-order valence-electron chi connectivity index (χ3n) is 6.62. The van der Waals surface area contributed by atoms with Gasteiger partial charge < -0.3 is 16.0 Å². The van der Waals surface area contributed by atoms with Crippen LogP contribution in [0.2, 0.25) is 0 Å². The lowest BCUT2D eigenvalue weighted by atomic mass is 9.83. The molecule has 1 saturated carbocycles. The van der Waals surface area contributed by atoms with Gasteiger partial charge in [-0.05, 0) is 50.8 Å². The summed E-state index contributed by atoms with van der Waals surface area (Å²) >= 11 is 0. The zero-order valence-corrected chi connectivity index (χ0v) is 15.9. The molecule has 146 valence electrons. The van der Waals surface area contributed by atoms with Crippen molar-refractivity contribution in [1.29, 1.82) is 0 Å². The van der Waals surface area contributed by atoms with Crippen LogP contribution in [0.4, 0.5) is 4.79 Å². The molecule has 1 aromatic rings. The van der Waals surface area contributed by atoms with Crippen LogP contribution in [0.3, 0.4) is 0 Å². The van der Waals surface area contributed by atoms with Crippen LogP contribution in [-0.2, 0) is 4.79 Å². The molecular formula is C21H30N4O2. The molecule has 1 aliphatic carbocycles. The normalized spacial score (nSPS) is 27.8. The van der Waals surface area contributed by atoms with E-state index in [-0.39, 0.29) is 18.0 Å². The van der Waals surface area contributed by atoms with Crippen LogP contribution in [-0.4, -0.2) is 59.5 Å². The second-order valence-electron chi connectivity index (χ2n) is 8.24. The highest BCUT2D eigenvalue weighted by Gasteiger charge is 2.46. The summed E-state index contributed by atoms with van der Waals surface area (Å²) in [6.07, 6.45) is 5.76. The highest BCUT2D eigenvalue weighted by molar-refractivity contribution is 5.85. The molecule has 0 unspecified atom stereocenters. The first kappa shape index (κ1) is 18.3. The average Bonchev–Trinajstić information content (AvgIpc) is 3.48. The molecule has 2 saturated heterocycles. The Balaban J connectivity index is 1.32. The van der Waals surface area contributed by atoms with Gasteiger partial charge in [0.2, 0.25) is 5.91 Å². The Hall–Kier alpha value is -2.08. The lowest BCUT2D eigenvalue weighted by molar-refractivity contribution is -0.134. The number of primary amides is 1. The number of nitrogens with two attached hydrogens (primary N) is 1. The van der Waals surface area contributed by atoms with Crippen LogP contribution in [0.1, 0.15) is 50.0 Å². The molecule has 0 radical (unpaired) electrons. The maximum atomic E-state index is 12.7. The molecule has 3 amide bonds. The fourth-order valence-electron chi connectivity index (χ4n) is 4.79. The summed E-state index contributed by atoms with van der Waals surface area (Å²) in [6, 6.07) is 10.6. The summed E-state index contributed by atoms with van der Waals surface area (Å²) < 4.78 is 0. The zero-order valence-electron chi connectivity index (χ0n) is 15.9. The van der Waals surface area contributed by atoms with E-state index >= 15 is 0 Å². The van der Waals surface area contributed by atoms with Crippen molar-refractivity contribution in [3.8, 4) is 0 Å². The molecule has 0 spiro atoms. The average molecular weight is 370 g/mol. The summed E-state index contributed by atoms with van der Waals surface area (Å²) in [5.41, 5.74) is 6.55. The van der Waals surface area contributed by atoms with Crippen molar-refractivity contribution in [2.75, 3.05) is 26.2 Å². The number of carbonyl (C=O) groups is 2. The third kappa shape index (κ3) is 3.68. The highest BCUT2D eigenvalue weighted by atomic mass is 16.2. The monoisotopic (exact) mass is 370 g/mol. The van der Waals surface area contributed by atoms with Crippen LogP contribution in [0.5, 0.6) is 0 Å². The minimum absolute atomic E-state index is 0.00449. The highest BCUT2D eigenvalue weighted by Crippen LogP contribution is 2.41.